The van der Waals surface area contributed by atoms with Crippen LogP contribution in [0.25, 0.3) is 0 Å². The first-order chi connectivity index (χ1) is 9.37. The Morgan fingerprint density at radius 3 is 2.55 bits per heavy atom. The van der Waals surface area contributed by atoms with Gasteiger partial charge in [-0.3, -0.25) is 4.79 Å². The van der Waals surface area contributed by atoms with Gasteiger partial charge in [0.2, 0.25) is 0 Å². The molecular weight excluding hydrogens is 250 g/mol. The minimum absolute atomic E-state index is 0.00877. The van der Waals surface area contributed by atoms with E-state index in [4.69, 9.17) is 10.00 Å². The molecule has 0 N–H and O–H groups in total. The van der Waals surface area contributed by atoms with Gasteiger partial charge < -0.3 is 4.74 Å². The van der Waals surface area contributed by atoms with Gasteiger partial charge in [0.05, 0.1) is 17.9 Å². The monoisotopic (exact) mass is 275 g/mol. The molecule has 0 spiro atoms. The van der Waals surface area contributed by atoms with Crippen molar-refractivity contribution in [3.05, 3.63) is 11.6 Å². The van der Waals surface area contributed by atoms with E-state index in [-0.39, 0.29) is 35.2 Å². The Bertz CT molecular complexity index is 454. The lowest BCUT2D eigenvalue weighted by atomic mass is 9.87. The van der Waals surface area contributed by atoms with Gasteiger partial charge >= 0.3 is 5.97 Å². The van der Waals surface area contributed by atoms with Crippen LogP contribution >= 0.6 is 0 Å². The highest BCUT2D eigenvalue weighted by atomic mass is 16.5. The molecule has 0 aliphatic heterocycles. The van der Waals surface area contributed by atoms with Gasteiger partial charge in [0.15, 0.2) is 0 Å². The van der Waals surface area contributed by atoms with Crippen LogP contribution in [0.3, 0.4) is 0 Å². The summed E-state index contributed by atoms with van der Waals surface area (Å²) in [4.78, 5) is 12.4. The number of nitriles is 1. The fourth-order valence-electron chi connectivity index (χ4n) is 3.41. The van der Waals surface area contributed by atoms with Crippen molar-refractivity contribution in [3.63, 3.8) is 0 Å². The Balaban J connectivity index is 1.99. The molecule has 0 aromatic rings. The first-order valence-corrected chi connectivity index (χ1v) is 7.63. The van der Waals surface area contributed by atoms with Crippen LogP contribution in [0.15, 0.2) is 11.6 Å². The van der Waals surface area contributed by atoms with Crippen LogP contribution in [0.4, 0.5) is 0 Å². The molecule has 110 valence electrons. The average molecular weight is 275 g/mol. The van der Waals surface area contributed by atoms with Crippen molar-refractivity contribution in [2.75, 3.05) is 0 Å². The van der Waals surface area contributed by atoms with Crippen LogP contribution in [-0.2, 0) is 9.53 Å². The average Bonchev–Trinajstić information content (AvgIpc) is 2.90. The van der Waals surface area contributed by atoms with E-state index in [1.54, 1.807) is 0 Å². The number of rotatable bonds is 3. The van der Waals surface area contributed by atoms with Gasteiger partial charge in [-0.15, -0.1) is 0 Å². The summed E-state index contributed by atoms with van der Waals surface area (Å²) in [6, 6.07) is 2.29. The topological polar surface area (TPSA) is 50.1 Å². The van der Waals surface area contributed by atoms with Crippen LogP contribution in [0.2, 0.25) is 0 Å². The largest absolute Gasteiger partial charge is 0.461 e. The van der Waals surface area contributed by atoms with E-state index in [0.29, 0.717) is 0 Å². The third kappa shape index (κ3) is 2.90. The SMILES string of the molecule is CC(C)=C[C@@H]1[C@H](C(=O)O[C@H]2CCCC[C@@H]2C#N)C1(C)C. The normalized spacial score (nSPS) is 34.8. The Labute approximate surface area is 122 Å². The number of carbonyl (C=O) groups is 1. The van der Waals surface area contributed by atoms with Crippen molar-refractivity contribution in [1.29, 1.82) is 5.26 Å². The van der Waals surface area contributed by atoms with Gasteiger partial charge in [0, 0.05) is 0 Å². The third-order valence-corrected chi connectivity index (χ3v) is 4.81. The number of esters is 1. The lowest BCUT2D eigenvalue weighted by Crippen LogP contribution is -2.30. The number of allylic oxidation sites excluding steroid dienone is 2. The van der Waals surface area contributed by atoms with E-state index < -0.39 is 0 Å². The predicted molar refractivity (Wildman–Crippen MR) is 77.6 cm³/mol. The van der Waals surface area contributed by atoms with E-state index in [0.717, 1.165) is 25.7 Å². The van der Waals surface area contributed by atoms with Gasteiger partial charge in [-0.2, -0.15) is 5.26 Å². The second kappa shape index (κ2) is 5.60. The first kappa shape index (κ1) is 15.1. The van der Waals surface area contributed by atoms with Gasteiger partial charge in [-0.25, -0.2) is 0 Å². The van der Waals surface area contributed by atoms with Crippen molar-refractivity contribution in [3.8, 4) is 6.07 Å². The Kier molecular flexibility index (Phi) is 4.22. The van der Waals surface area contributed by atoms with Gasteiger partial charge in [0.25, 0.3) is 0 Å². The number of hydrogen-bond donors (Lipinski definition) is 0. The summed E-state index contributed by atoms with van der Waals surface area (Å²) in [5.74, 6) is 0.0175. The molecule has 3 heteroatoms. The minimum atomic E-state index is -0.190. The minimum Gasteiger partial charge on any atom is -0.461 e. The molecule has 2 saturated carbocycles. The van der Waals surface area contributed by atoms with Crippen molar-refractivity contribution < 1.29 is 9.53 Å². The van der Waals surface area contributed by atoms with Gasteiger partial charge in [-0.1, -0.05) is 31.9 Å². The maximum Gasteiger partial charge on any atom is 0.310 e. The number of hydrogen-bond acceptors (Lipinski definition) is 3. The maximum atomic E-state index is 12.4. The standard InChI is InChI=1S/C17H25NO2/c1-11(2)9-13-15(17(13,3)4)16(19)20-14-8-6-5-7-12(14)10-18/h9,12-15H,5-8H2,1-4H3/t12-,13-,14+,15-/m1/s1. The zero-order valence-electron chi connectivity index (χ0n) is 13.0. The molecule has 0 saturated heterocycles. The van der Waals surface area contributed by atoms with Crippen LogP contribution in [0.5, 0.6) is 0 Å². The van der Waals surface area contributed by atoms with E-state index in [1.165, 1.54) is 5.57 Å². The highest BCUT2D eigenvalue weighted by Crippen LogP contribution is 2.60. The first-order valence-electron chi connectivity index (χ1n) is 7.63. The van der Waals surface area contributed by atoms with Gasteiger partial charge in [-0.05, 0) is 44.4 Å². The predicted octanol–water partition coefficient (Wildman–Crippen LogP) is 3.85. The van der Waals surface area contributed by atoms with Crippen molar-refractivity contribution >= 4 is 5.97 Å². The second-order valence-electron chi connectivity index (χ2n) is 7.06. The van der Waals surface area contributed by atoms with E-state index in [1.807, 2.05) is 0 Å². The summed E-state index contributed by atoms with van der Waals surface area (Å²) < 4.78 is 5.68. The molecule has 2 aliphatic carbocycles. The molecule has 0 unspecified atom stereocenters. The quantitative estimate of drug-likeness (QED) is 0.580. The molecule has 0 aromatic carbocycles. The summed E-state index contributed by atoms with van der Waals surface area (Å²) in [6.07, 6.45) is 5.81. The smallest absolute Gasteiger partial charge is 0.310 e. The molecule has 2 fully saturated rings. The molecule has 20 heavy (non-hydrogen) atoms. The summed E-state index contributed by atoms with van der Waals surface area (Å²) in [5.41, 5.74) is 1.23. The summed E-state index contributed by atoms with van der Waals surface area (Å²) in [7, 11) is 0. The Morgan fingerprint density at radius 2 is 1.95 bits per heavy atom. The Morgan fingerprint density at radius 1 is 1.30 bits per heavy atom. The zero-order valence-corrected chi connectivity index (χ0v) is 13.0. The highest BCUT2D eigenvalue weighted by molar-refractivity contribution is 5.78. The van der Waals surface area contributed by atoms with Crippen molar-refractivity contribution in [2.45, 2.75) is 59.5 Å². The molecule has 0 radical (unpaired) electrons. The molecule has 4 atom stereocenters. The highest BCUT2D eigenvalue weighted by Gasteiger charge is 2.61. The van der Waals surface area contributed by atoms with Crippen molar-refractivity contribution in [1.82, 2.24) is 0 Å². The number of carbonyl (C=O) groups excluding carboxylic acids is 1. The van der Waals surface area contributed by atoms with Crippen LogP contribution in [0, 0.1) is 34.5 Å². The number of ether oxygens (including phenoxy) is 1. The lowest BCUT2D eigenvalue weighted by Gasteiger charge is -2.26. The van der Waals surface area contributed by atoms with E-state index >= 15 is 0 Å². The molecular formula is C17H25NO2. The fourth-order valence-corrected chi connectivity index (χ4v) is 3.41. The molecule has 0 heterocycles. The summed E-state index contributed by atoms with van der Waals surface area (Å²) in [5, 5.41) is 9.15. The van der Waals surface area contributed by atoms with Gasteiger partial charge in [0.1, 0.15) is 6.10 Å². The van der Waals surface area contributed by atoms with Crippen LogP contribution < -0.4 is 0 Å². The molecule has 2 rings (SSSR count). The molecule has 2 aliphatic rings. The third-order valence-electron chi connectivity index (χ3n) is 4.81. The molecule has 3 nitrogen and oxygen atoms in total. The van der Waals surface area contributed by atoms with E-state index in [2.05, 4.69) is 39.8 Å². The van der Waals surface area contributed by atoms with Crippen LogP contribution in [0.1, 0.15) is 53.4 Å². The summed E-state index contributed by atoms with van der Waals surface area (Å²) >= 11 is 0. The molecule has 0 amide bonds. The summed E-state index contributed by atoms with van der Waals surface area (Å²) in [6.45, 7) is 8.35. The molecule has 0 aromatic heterocycles. The Hall–Kier alpha value is -1.30. The second-order valence-corrected chi connectivity index (χ2v) is 7.06. The zero-order chi connectivity index (χ0) is 14.9. The fraction of sp³-hybridized carbons (Fsp3) is 0.765. The molecule has 0 bridgehead atoms. The van der Waals surface area contributed by atoms with Crippen LogP contribution in [-0.4, -0.2) is 12.1 Å². The maximum absolute atomic E-state index is 12.4. The van der Waals surface area contributed by atoms with Crippen molar-refractivity contribution in [2.24, 2.45) is 23.2 Å². The number of nitrogens with zero attached hydrogens (tertiary/aromatic N) is 1. The van der Waals surface area contributed by atoms with E-state index in [9.17, 15) is 4.79 Å². The lowest BCUT2D eigenvalue weighted by molar-refractivity contribution is -0.155.